The first kappa shape index (κ1) is 15.2. The molecule has 1 aliphatic carbocycles. The molecule has 1 saturated carbocycles. The lowest BCUT2D eigenvalue weighted by molar-refractivity contribution is -0.123. The second-order valence-corrected chi connectivity index (χ2v) is 6.75. The molecule has 2 aromatic heterocycles. The van der Waals surface area contributed by atoms with E-state index in [9.17, 15) is 4.79 Å². The van der Waals surface area contributed by atoms with Gasteiger partial charge in [-0.1, -0.05) is 5.16 Å². The van der Waals surface area contributed by atoms with Gasteiger partial charge in [0, 0.05) is 30.3 Å². The van der Waals surface area contributed by atoms with Crippen molar-refractivity contribution in [3.63, 3.8) is 0 Å². The molecule has 2 aromatic rings. The summed E-state index contributed by atoms with van der Waals surface area (Å²) in [6.45, 7) is 2.48. The maximum atomic E-state index is 12.1. The molecular formula is C15H20N4O2S. The maximum Gasteiger partial charge on any atom is 0.227 e. The first-order chi connectivity index (χ1) is 10.6. The number of aromatic nitrogens is 2. The van der Waals surface area contributed by atoms with Crippen LogP contribution in [0.5, 0.6) is 0 Å². The third-order valence-corrected chi connectivity index (χ3v) is 4.82. The van der Waals surface area contributed by atoms with Gasteiger partial charge in [-0.05, 0) is 37.1 Å². The van der Waals surface area contributed by atoms with Crippen LogP contribution in [0, 0.1) is 5.92 Å². The summed E-state index contributed by atoms with van der Waals surface area (Å²) in [5.74, 6) is 1.55. The Morgan fingerprint density at radius 1 is 1.59 bits per heavy atom. The van der Waals surface area contributed by atoms with Crippen LogP contribution in [-0.4, -0.2) is 28.1 Å². The fraction of sp³-hybridized carbons (Fsp3) is 0.533. The van der Waals surface area contributed by atoms with Gasteiger partial charge < -0.3 is 15.6 Å². The van der Waals surface area contributed by atoms with E-state index in [2.05, 4.69) is 15.5 Å². The second kappa shape index (κ2) is 6.18. The SMILES string of the molecule is CC(CN)(NC(=O)CCc1nc(-c2ccsc2)no1)C1CC1. The molecule has 22 heavy (non-hydrogen) atoms. The normalized spacial score (nSPS) is 17.2. The van der Waals surface area contributed by atoms with Crippen LogP contribution in [0.15, 0.2) is 21.3 Å². The summed E-state index contributed by atoms with van der Waals surface area (Å²) in [6.07, 6.45) is 3.05. The van der Waals surface area contributed by atoms with E-state index < -0.39 is 0 Å². The second-order valence-electron chi connectivity index (χ2n) is 5.97. The van der Waals surface area contributed by atoms with Crippen molar-refractivity contribution in [2.75, 3.05) is 6.54 Å². The third kappa shape index (κ3) is 3.36. The van der Waals surface area contributed by atoms with E-state index in [1.165, 1.54) is 0 Å². The maximum absolute atomic E-state index is 12.1. The summed E-state index contributed by atoms with van der Waals surface area (Å²) in [4.78, 5) is 16.4. The van der Waals surface area contributed by atoms with Crippen LogP contribution in [0.25, 0.3) is 11.4 Å². The van der Waals surface area contributed by atoms with Gasteiger partial charge in [-0.2, -0.15) is 16.3 Å². The number of hydrogen-bond donors (Lipinski definition) is 2. The average molecular weight is 320 g/mol. The number of nitrogens with zero attached hydrogens (tertiary/aromatic N) is 2. The van der Waals surface area contributed by atoms with Gasteiger partial charge in [-0.25, -0.2) is 0 Å². The van der Waals surface area contributed by atoms with Crippen LogP contribution < -0.4 is 11.1 Å². The van der Waals surface area contributed by atoms with Crippen molar-refractivity contribution in [3.05, 3.63) is 22.7 Å². The highest BCUT2D eigenvalue weighted by molar-refractivity contribution is 7.08. The molecule has 0 saturated heterocycles. The Bertz CT molecular complexity index is 636. The minimum absolute atomic E-state index is 0.0184. The van der Waals surface area contributed by atoms with E-state index in [-0.39, 0.29) is 11.4 Å². The van der Waals surface area contributed by atoms with Crippen LogP contribution in [0.2, 0.25) is 0 Å². The molecule has 0 aromatic carbocycles. The van der Waals surface area contributed by atoms with Gasteiger partial charge in [-0.3, -0.25) is 4.79 Å². The van der Waals surface area contributed by atoms with Gasteiger partial charge in [0.1, 0.15) is 0 Å². The van der Waals surface area contributed by atoms with Crippen LogP contribution in [0.4, 0.5) is 0 Å². The number of nitrogens with one attached hydrogen (secondary N) is 1. The van der Waals surface area contributed by atoms with Crippen molar-refractivity contribution in [1.82, 2.24) is 15.5 Å². The average Bonchev–Trinajstić information content (AvgIpc) is 3.04. The highest BCUT2D eigenvalue weighted by atomic mass is 32.1. The van der Waals surface area contributed by atoms with Gasteiger partial charge in [0.05, 0.1) is 5.54 Å². The molecule has 1 atom stereocenters. The van der Waals surface area contributed by atoms with E-state index in [1.54, 1.807) is 11.3 Å². The predicted octanol–water partition coefficient (Wildman–Crippen LogP) is 1.97. The molecule has 7 heteroatoms. The number of amides is 1. The summed E-state index contributed by atoms with van der Waals surface area (Å²) in [6, 6.07) is 1.94. The molecule has 0 spiro atoms. The molecular weight excluding hydrogens is 300 g/mol. The lowest BCUT2D eigenvalue weighted by Gasteiger charge is -2.29. The van der Waals surface area contributed by atoms with E-state index in [0.717, 1.165) is 18.4 Å². The van der Waals surface area contributed by atoms with Crippen LogP contribution in [-0.2, 0) is 11.2 Å². The molecule has 2 heterocycles. The minimum Gasteiger partial charge on any atom is -0.349 e. The highest BCUT2D eigenvalue weighted by Gasteiger charge is 2.41. The zero-order valence-corrected chi connectivity index (χ0v) is 13.4. The molecule has 0 bridgehead atoms. The van der Waals surface area contributed by atoms with Crippen molar-refractivity contribution in [3.8, 4) is 11.4 Å². The first-order valence-electron chi connectivity index (χ1n) is 7.47. The Morgan fingerprint density at radius 3 is 3.05 bits per heavy atom. The third-order valence-electron chi connectivity index (χ3n) is 4.14. The van der Waals surface area contributed by atoms with Crippen molar-refractivity contribution < 1.29 is 9.32 Å². The van der Waals surface area contributed by atoms with Crippen molar-refractivity contribution >= 4 is 17.2 Å². The molecule has 1 amide bonds. The Morgan fingerprint density at radius 2 is 2.41 bits per heavy atom. The van der Waals surface area contributed by atoms with E-state index in [1.807, 2.05) is 23.8 Å². The summed E-state index contributed by atoms with van der Waals surface area (Å²) >= 11 is 1.58. The lowest BCUT2D eigenvalue weighted by atomic mass is 9.95. The minimum atomic E-state index is -0.284. The van der Waals surface area contributed by atoms with Gasteiger partial charge in [0.15, 0.2) is 0 Å². The fourth-order valence-electron chi connectivity index (χ4n) is 2.51. The summed E-state index contributed by atoms with van der Waals surface area (Å²) in [5.41, 5.74) is 6.46. The molecule has 3 N–H and O–H groups in total. The number of rotatable bonds is 7. The standard InChI is InChI=1S/C15H20N4O2S/c1-15(9-16,11-2-3-11)18-12(20)4-5-13-17-14(19-21-13)10-6-7-22-8-10/h6-8,11H,2-5,9,16H2,1H3,(H,18,20). The number of hydrogen-bond acceptors (Lipinski definition) is 6. The van der Waals surface area contributed by atoms with Gasteiger partial charge in [-0.15, -0.1) is 0 Å². The fourth-order valence-corrected chi connectivity index (χ4v) is 3.14. The van der Waals surface area contributed by atoms with Crippen molar-refractivity contribution in [2.24, 2.45) is 11.7 Å². The van der Waals surface area contributed by atoms with Crippen LogP contribution in [0.1, 0.15) is 32.1 Å². The molecule has 6 nitrogen and oxygen atoms in total. The van der Waals surface area contributed by atoms with Gasteiger partial charge in [0.25, 0.3) is 0 Å². The number of thiophene rings is 1. The van der Waals surface area contributed by atoms with E-state index in [0.29, 0.717) is 37.0 Å². The Labute approximate surface area is 133 Å². The first-order valence-corrected chi connectivity index (χ1v) is 8.41. The molecule has 1 fully saturated rings. The Balaban J connectivity index is 1.53. The molecule has 3 rings (SSSR count). The number of aryl methyl sites for hydroxylation is 1. The quantitative estimate of drug-likeness (QED) is 0.813. The number of nitrogens with two attached hydrogens (primary N) is 1. The van der Waals surface area contributed by atoms with Crippen LogP contribution >= 0.6 is 11.3 Å². The Hall–Kier alpha value is -1.73. The summed E-state index contributed by atoms with van der Waals surface area (Å²) in [5, 5.41) is 10.9. The highest BCUT2D eigenvalue weighted by Crippen LogP contribution is 2.39. The van der Waals surface area contributed by atoms with Gasteiger partial charge in [0.2, 0.25) is 17.6 Å². The largest absolute Gasteiger partial charge is 0.349 e. The summed E-state index contributed by atoms with van der Waals surface area (Å²) in [7, 11) is 0. The zero-order valence-electron chi connectivity index (χ0n) is 12.5. The lowest BCUT2D eigenvalue weighted by Crippen LogP contribution is -2.53. The predicted molar refractivity (Wildman–Crippen MR) is 84.3 cm³/mol. The molecule has 0 aliphatic heterocycles. The molecule has 0 radical (unpaired) electrons. The molecule has 1 aliphatic rings. The van der Waals surface area contributed by atoms with E-state index in [4.69, 9.17) is 10.3 Å². The van der Waals surface area contributed by atoms with Crippen molar-refractivity contribution in [1.29, 1.82) is 0 Å². The smallest absolute Gasteiger partial charge is 0.227 e. The van der Waals surface area contributed by atoms with Crippen molar-refractivity contribution in [2.45, 2.75) is 38.1 Å². The molecule has 118 valence electrons. The van der Waals surface area contributed by atoms with Crippen LogP contribution in [0.3, 0.4) is 0 Å². The summed E-state index contributed by atoms with van der Waals surface area (Å²) < 4.78 is 5.19. The molecule has 1 unspecified atom stereocenters. The zero-order chi connectivity index (χ0) is 15.6. The van der Waals surface area contributed by atoms with E-state index >= 15 is 0 Å². The topological polar surface area (TPSA) is 94.0 Å². The Kier molecular flexibility index (Phi) is 4.26. The van der Waals surface area contributed by atoms with Gasteiger partial charge >= 0.3 is 0 Å². The monoisotopic (exact) mass is 320 g/mol. The number of carbonyl (C=O) groups is 1. The number of carbonyl (C=O) groups excluding carboxylic acids is 1.